The van der Waals surface area contributed by atoms with E-state index in [0.717, 1.165) is 25.0 Å². The Balaban J connectivity index is 2.43. The van der Waals surface area contributed by atoms with Gasteiger partial charge in [-0.15, -0.1) is 0 Å². The van der Waals surface area contributed by atoms with Crippen molar-refractivity contribution in [2.75, 3.05) is 25.5 Å². The van der Waals surface area contributed by atoms with Crippen molar-refractivity contribution < 1.29 is 18.3 Å². The van der Waals surface area contributed by atoms with Gasteiger partial charge in [0.15, 0.2) is 11.6 Å². The number of rotatable bonds is 7. The molecule has 1 aromatic carbocycles. The fourth-order valence-corrected chi connectivity index (χ4v) is 1.44. The van der Waals surface area contributed by atoms with Crippen molar-refractivity contribution in [3.8, 4) is 0 Å². The number of ether oxygens (including phenoxy) is 1. The third-order valence-electron chi connectivity index (χ3n) is 2.51. The van der Waals surface area contributed by atoms with Crippen LogP contribution in [0.2, 0.25) is 0 Å². The first kappa shape index (κ1) is 15.4. The van der Waals surface area contributed by atoms with E-state index < -0.39 is 17.5 Å². The average molecular weight is 272 g/mol. The van der Waals surface area contributed by atoms with Gasteiger partial charge in [0.2, 0.25) is 0 Å². The number of hydrogen-bond donors (Lipinski definition) is 2. The Morgan fingerprint density at radius 1 is 1.32 bits per heavy atom. The first-order chi connectivity index (χ1) is 9.06. The molecular weight excluding hydrogens is 254 g/mol. The molecule has 1 aromatic rings. The zero-order valence-electron chi connectivity index (χ0n) is 10.8. The van der Waals surface area contributed by atoms with Crippen molar-refractivity contribution in [1.82, 2.24) is 5.32 Å². The van der Waals surface area contributed by atoms with Crippen LogP contribution in [0.4, 0.5) is 14.5 Å². The van der Waals surface area contributed by atoms with Crippen LogP contribution in [0.15, 0.2) is 12.1 Å². The van der Waals surface area contributed by atoms with Gasteiger partial charge in [-0.25, -0.2) is 8.78 Å². The molecule has 1 rings (SSSR count). The van der Waals surface area contributed by atoms with Gasteiger partial charge in [0.05, 0.1) is 12.2 Å². The highest BCUT2D eigenvalue weighted by Gasteiger charge is 2.13. The van der Waals surface area contributed by atoms with Gasteiger partial charge in [-0.1, -0.05) is 13.3 Å². The lowest BCUT2D eigenvalue weighted by Gasteiger charge is -2.08. The van der Waals surface area contributed by atoms with Crippen LogP contribution in [0.3, 0.4) is 0 Å². The Labute approximate surface area is 110 Å². The summed E-state index contributed by atoms with van der Waals surface area (Å²) in [6.45, 7) is 3.35. The maximum Gasteiger partial charge on any atom is 0.253 e. The summed E-state index contributed by atoms with van der Waals surface area (Å²) in [4.78, 5) is 11.7. The minimum absolute atomic E-state index is 0.0764. The van der Waals surface area contributed by atoms with Gasteiger partial charge < -0.3 is 15.8 Å². The monoisotopic (exact) mass is 272 g/mol. The van der Waals surface area contributed by atoms with E-state index in [1.54, 1.807) is 0 Å². The Bertz CT molecular complexity index is 439. The van der Waals surface area contributed by atoms with Gasteiger partial charge in [0, 0.05) is 24.9 Å². The molecule has 4 nitrogen and oxygen atoms in total. The molecule has 0 radical (unpaired) electrons. The van der Waals surface area contributed by atoms with Crippen LogP contribution in [0.25, 0.3) is 0 Å². The predicted molar refractivity (Wildman–Crippen MR) is 68.8 cm³/mol. The summed E-state index contributed by atoms with van der Waals surface area (Å²) >= 11 is 0. The van der Waals surface area contributed by atoms with Crippen LogP contribution in [0.5, 0.6) is 0 Å². The second-order valence-electron chi connectivity index (χ2n) is 4.08. The van der Waals surface area contributed by atoms with Crippen molar-refractivity contribution in [2.24, 2.45) is 0 Å². The highest BCUT2D eigenvalue weighted by molar-refractivity contribution is 5.99. The summed E-state index contributed by atoms with van der Waals surface area (Å²) in [5, 5.41) is 2.53. The first-order valence-corrected chi connectivity index (χ1v) is 6.16. The van der Waals surface area contributed by atoms with E-state index in [4.69, 9.17) is 10.5 Å². The number of hydrogen-bond acceptors (Lipinski definition) is 3. The topological polar surface area (TPSA) is 64.3 Å². The van der Waals surface area contributed by atoms with Gasteiger partial charge in [-0.3, -0.25) is 4.79 Å². The molecule has 0 saturated heterocycles. The standard InChI is InChI=1S/C13H18F2N2O2/c1-2-3-5-19-6-4-17-13(18)9-7-10(14)11(15)8-12(9)16/h7-8H,2-6,16H2,1H3,(H,17,18). The van der Waals surface area contributed by atoms with Crippen LogP contribution < -0.4 is 11.1 Å². The summed E-state index contributed by atoms with van der Waals surface area (Å²) in [6.07, 6.45) is 2.00. The van der Waals surface area contributed by atoms with Crippen LogP contribution >= 0.6 is 0 Å². The molecule has 0 aliphatic carbocycles. The fourth-order valence-electron chi connectivity index (χ4n) is 1.44. The first-order valence-electron chi connectivity index (χ1n) is 6.16. The van der Waals surface area contributed by atoms with E-state index in [-0.39, 0.29) is 11.3 Å². The predicted octanol–water partition coefficient (Wildman–Crippen LogP) is 2.09. The smallest absolute Gasteiger partial charge is 0.253 e. The molecule has 0 aromatic heterocycles. The Morgan fingerprint density at radius 2 is 2.00 bits per heavy atom. The lowest BCUT2D eigenvalue weighted by Crippen LogP contribution is -2.28. The van der Waals surface area contributed by atoms with E-state index in [0.29, 0.717) is 19.8 Å². The molecule has 1 amide bonds. The molecule has 3 N–H and O–H groups in total. The lowest BCUT2D eigenvalue weighted by atomic mass is 10.1. The summed E-state index contributed by atoms with van der Waals surface area (Å²) < 4.78 is 31.1. The van der Waals surface area contributed by atoms with Gasteiger partial charge in [-0.2, -0.15) is 0 Å². The number of carbonyl (C=O) groups excluding carboxylic acids is 1. The zero-order valence-corrected chi connectivity index (χ0v) is 10.8. The zero-order chi connectivity index (χ0) is 14.3. The van der Waals surface area contributed by atoms with E-state index in [2.05, 4.69) is 12.2 Å². The van der Waals surface area contributed by atoms with Crippen LogP contribution in [0, 0.1) is 11.6 Å². The maximum absolute atomic E-state index is 13.0. The summed E-state index contributed by atoms with van der Waals surface area (Å²) in [5.74, 6) is -2.72. The Kier molecular flexibility index (Phi) is 6.21. The number of nitrogens with two attached hydrogens (primary N) is 1. The number of carbonyl (C=O) groups is 1. The van der Waals surface area contributed by atoms with Crippen molar-refractivity contribution in [3.63, 3.8) is 0 Å². The molecule has 0 unspecified atom stereocenters. The highest BCUT2D eigenvalue weighted by atomic mass is 19.2. The van der Waals surface area contributed by atoms with Crippen molar-refractivity contribution in [3.05, 3.63) is 29.3 Å². The SMILES string of the molecule is CCCCOCCNC(=O)c1cc(F)c(F)cc1N. The molecule has 19 heavy (non-hydrogen) atoms. The molecule has 0 spiro atoms. The Morgan fingerprint density at radius 3 is 2.68 bits per heavy atom. The fraction of sp³-hybridized carbons (Fsp3) is 0.462. The molecule has 6 heteroatoms. The minimum atomic E-state index is -1.10. The molecule has 0 fully saturated rings. The highest BCUT2D eigenvalue weighted by Crippen LogP contribution is 2.16. The molecule has 106 valence electrons. The van der Waals surface area contributed by atoms with E-state index >= 15 is 0 Å². The molecule has 0 heterocycles. The number of unbranched alkanes of at least 4 members (excludes halogenated alkanes) is 1. The van der Waals surface area contributed by atoms with Crippen molar-refractivity contribution >= 4 is 11.6 Å². The Hall–Kier alpha value is -1.69. The third kappa shape index (κ3) is 4.82. The summed E-state index contributed by atoms with van der Waals surface area (Å²) in [7, 11) is 0. The second-order valence-corrected chi connectivity index (χ2v) is 4.08. The van der Waals surface area contributed by atoms with E-state index in [1.165, 1.54) is 0 Å². The normalized spacial score (nSPS) is 10.5. The summed E-state index contributed by atoms with van der Waals surface area (Å²) in [5.41, 5.74) is 5.29. The van der Waals surface area contributed by atoms with E-state index in [9.17, 15) is 13.6 Å². The molecule has 0 aliphatic heterocycles. The largest absolute Gasteiger partial charge is 0.398 e. The van der Waals surface area contributed by atoms with Crippen LogP contribution in [-0.2, 0) is 4.74 Å². The van der Waals surface area contributed by atoms with E-state index in [1.807, 2.05) is 0 Å². The molecule has 0 aliphatic rings. The quantitative estimate of drug-likeness (QED) is 0.590. The molecule has 0 bridgehead atoms. The molecule has 0 atom stereocenters. The number of amides is 1. The van der Waals surface area contributed by atoms with Gasteiger partial charge in [0.1, 0.15) is 0 Å². The number of benzene rings is 1. The van der Waals surface area contributed by atoms with Crippen molar-refractivity contribution in [2.45, 2.75) is 19.8 Å². The van der Waals surface area contributed by atoms with Crippen LogP contribution in [-0.4, -0.2) is 25.7 Å². The van der Waals surface area contributed by atoms with Crippen LogP contribution in [0.1, 0.15) is 30.1 Å². The number of anilines is 1. The second kappa shape index (κ2) is 7.68. The number of halogens is 2. The molecule has 0 saturated carbocycles. The molecular formula is C13H18F2N2O2. The number of nitrogen functional groups attached to an aromatic ring is 1. The minimum Gasteiger partial charge on any atom is -0.398 e. The van der Waals surface area contributed by atoms with Gasteiger partial charge in [0.25, 0.3) is 5.91 Å². The third-order valence-corrected chi connectivity index (χ3v) is 2.51. The van der Waals surface area contributed by atoms with Gasteiger partial charge >= 0.3 is 0 Å². The van der Waals surface area contributed by atoms with Gasteiger partial charge in [-0.05, 0) is 12.5 Å². The number of nitrogens with one attached hydrogen (secondary N) is 1. The lowest BCUT2D eigenvalue weighted by molar-refractivity contribution is 0.0913. The maximum atomic E-state index is 13.0. The van der Waals surface area contributed by atoms with Crippen molar-refractivity contribution in [1.29, 1.82) is 0 Å². The average Bonchev–Trinajstić information content (AvgIpc) is 2.37. The summed E-state index contributed by atoms with van der Waals surface area (Å²) in [6, 6.07) is 1.58.